The first kappa shape index (κ1) is 33.1. The zero-order valence-corrected chi connectivity index (χ0v) is 28.7. The molecule has 1 aromatic carbocycles. The van der Waals surface area contributed by atoms with Crippen LogP contribution in [0.25, 0.3) is 6.08 Å². The predicted molar refractivity (Wildman–Crippen MR) is 177 cm³/mol. The lowest BCUT2D eigenvalue weighted by molar-refractivity contribution is -0.237. The smallest absolute Gasteiger partial charge is 0.331 e. The molecular weight excluding hydrogens is 580 g/mol. The molecule has 0 amide bonds. The van der Waals surface area contributed by atoms with E-state index in [4.69, 9.17) is 4.74 Å². The average Bonchev–Trinajstić information content (AvgIpc) is 2.96. The Kier molecular flexibility index (Phi) is 7.63. The van der Waals surface area contributed by atoms with Crippen molar-refractivity contribution < 1.29 is 34.8 Å². The maximum absolute atomic E-state index is 13.1. The molecule has 4 fully saturated rings. The van der Waals surface area contributed by atoms with Gasteiger partial charge in [0.25, 0.3) is 0 Å². The summed E-state index contributed by atoms with van der Waals surface area (Å²) in [6.45, 7) is 16.1. The summed E-state index contributed by atoms with van der Waals surface area (Å²) in [6, 6.07) is 4.33. The fourth-order valence-corrected chi connectivity index (χ4v) is 11.8. The SMILES string of the molecule is CC1(C)CC[C@]2(C(=O)O)CC[C@]3(C)C(=CC[C@@H]4[C@@]5(C)C[C@@H](OC(=O)/C=C/c6ccc(O)c(O)c6)[C@H](O)C(C)(C)[C@@H]5CC[C@]43C)[C@@H]2C1. The first-order valence-electron chi connectivity index (χ1n) is 17.3. The van der Waals surface area contributed by atoms with Crippen molar-refractivity contribution in [3.05, 3.63) is 41.5 Å². The molecular formula is C39H54O7. The number of carboxylic acid groups (broad SMARTS) is 1. The van der Waals surface area contributed by atoms with Crippen LogP contribution in [0.4, 0.5) is 0 Å². The van der Waals surface area contributed by atoms with E-state index in [1.807, 2.05) is 0 Å². The average molecular weight is 635 g/mol. The Bertz CT molecular complexity index is 1490. The summed E-state index contributed by atoms with van der Waals surface area (Å²) in [5.41, 5.74) is 0.521. The molecule has 5 aliphatic carbocycles. The fourth-order valence-electron chi connectivity index (χ4n) is 11.8. The number of aromatic hydroxyl groups is 2. The molecule has 0 aromatic heterocycles. The van der Waals surface area contributed by atoms with Crippen LogP contribution in [0.1, 0.15) is 112 Å². The van der Waals surface area contributed by atoms with Crippen molar-refractivity contribution in [2.75, 3.05) is 0 Å². The van der Waals surface area contributed by atoms with Crippen LogP contribution < -0.4 is 0 Å². The quantitative estimate of drug-likeness (QED) is 0.115. The molecule has 9 atom stereocenters. The second-order valence-electron chi connectivity index (χ2n) is 17.7. The highest BCUT2D eigenvalue weighted by Crippen LogP contribution is 2.75. The van der Waals surface area contributed by atoms with Crippen LogP contribution in [-0.2, 0) is 14.3 Å². The summed E-state index contributed by atoms with van der Waals surface area (Å²) in [7, 11) is 0. The van der Waals surface area contributed by atoms with E-state index in [0.29, 0.717) is 17.9 Å². The van der Waals surface area contributed by atoms with Crippen molar-refractivity contribution >= 4 is 18.0 Å². The van der Waals surface area contributed by atoms with Gasteiger partial charge in [0, 0.05) is 6.08 Å². The summed E-state index contributed by atoms with van der Waals surface area (Å²) in [5, 5.41) is 41.7. The Morgan fingerprint density at radius 2 is 1.59 bits per heavy atom. The second kappa shape index (κ2) is 10.6. The maximum atomic E-state index is 13.1. The van der Waals surface area contributed by atoms with E-state index in [-0.39, 0.29) is 45.0 Å². The number of aliphatic hydroxyl groups excluding tert-OH is 1. The van der Waals surface area contributed by atoms with E-state index >= 15 is 0 Å². The first-order chi connectivity index (χ1) is 21.3. The lowest BCUT2D eigenvalue weighted by atomic mass is 9.33. The molecule has 0 saturated heterocycles. The van der Waals surface area contributed by atoms with Gasteiger partial charge in [0.05, 0.1) is 11.5 Å². The molecule has 0 bridgehead atoms. The Morgan fingerprint density at radius 1 is 0.891 bits per heavy atom. The van der Waals surface area contributed by atoms with Crippen molar-refractivity contribution in [3.63, 3.8) is 0 Å². The van der Waals surface area contributed by atoms with Gasteiger partial charge in [-0.1, -0.05) is 66.2 Å². The third kappa shape index (κ3) is 4.69. The molecule has 0 unspecified atom stereocenters. The van der Waals surface area contributed by atoms with E-state index < -0.39 is 35.0 Å². The van der Waals surface area contributed by atoms with E-state index in [1.54, 1.807) is 6.07 Å². The number of allylic oxidation sites excluding steroid dienone is 2. The molecule has 252 valence electrons. The Balaban J connectivity index is 1.32. The monoisotopic (exact) mass is 634 g/mol. The van der Waals surface area contributed by atoms with Crippen LogP contribution >= 0.6 is 0 Å². The molecule has 4 N–H and O–H groups in total. The van der Waals surface area contributed by atoms with Gasteiger partial charge in [-0.05, 0) is 126 Å². The molecule has 7 heteroatoms. The lowest BCUT2D eigenvalue weighted by Crippen LogP contribution is -2.67. The van der Waals surface area contributed by atoms with Crippen LogP contribution in [0, 0.1) is 50.2 Å². The minimum Gasteiger partial charge on any atom is -0.504 e. The maximum Gasteiger partial charge on any atom is 0.331 e. The number of aliphatic hydroxyl groups is 1. The Labute approximate surface area is 274 Å². The van der Waals surface area contributed by atoms with Gasteiger partial charge >= 0.3 is 11.9 Å². The molecule has 0 spiro atoms. The van der Waals surface area contributed by atoms with Crippen LogP contribution in [0.2, 0.25) is 0 Å². The summed E-state index contributed by atoms with van der Waals surface area (Å²) < 4.78 is 6.04. The van der Waals surface area contributed by atoms with E-state index in [2.05, 4.69) is 54.5 Å². The number of carboxylic acids is 1. The number of phenolic OH excluding ortho intramolecular Hbond substituents is 2. The topological polar surface area (TPSA) is 124 Å². The van der Waals surface area contributed by atoms with Crippen LogP contribution in [0.3, 0.4) is 0 Å². The van der Waals surface area contributed by atoms with Gasteiger partial charge < -0.3 is 25.2 Å². The Morgan fingerprint density at radius 3 is 2.26 bits per heavy atom. The van der Waals surface area contributed by atoms with Gasteiger partial charge in [0.1, 0.15) is 6.10 Å². The number of aliphatic carboxylic acids is 1. The molecule has 0 aliphatic heterocycles. The minimum absolute atomic E-state index is 0.0522. The number of ether oxygens (including phenoxy) is 1. The summed E-state index contributed by atoms with van der Waals surface area (Å²) >= 11 is 0. The minimum atomic E-state index is -0.814. The van der Waals surface area contributed by atoms with Gasteiger partial charge in [0.15, 0.2) is 11.5 Å². The molecule has 0 heterocycles. The zero-order valence-electron chi connectivity index (χ0n) is 28.7. The van der Waals surface area contributed by atoms with Crippen LogP contribution in [-0.4, -0.2) is 44.6 Å². The summed E-state index contributed by atoms with van der Waals surface area (Å²) in [6.07, 6.45) is 11.4. The highest BCUT2D eigenvalue weighted by molar-refractivity contribution is 5.87. The third-order valence-corrected chi connectivity index (χ3v) is 14.7. The Hall–Kier alpha value is -2.80. The molecule has 1 aromatic rings. The number of hydrogen-bond donors (Lipinski definition) is 4. The van der Waals surface area contributed by atoms with Crippen LogP contribution in [0.15, 0.2) is 35.9 Å². The number of carbonyl (C=O) groups is 2. The number of phenols is 2. The largest absolute Gasteiger partial charge is 0.504 e. The van der Waals surface area contributed by atoms with E-state index in [1.165, 1.54) is 29.9 Å². The summed E-state index contributed by atoms with van der Waals surface area (Å²) in [4.78, 5) is 26.1. The zero-order chi connectivity index (χ0) is 33.7. The van der Waals surface area contributed by atoms with E-state index in [9.17, 15) is 30.0 Å². The number of hydrogen-bond acceptors (Lipinski definition) is 6. The van der Waals surface area contributed by atoms with Crippen molar-refractivity contribution in [1.29, 1.82) is 0 Å². The first-order valence-corrected chi connectivity index (χ1v) is 17.3. The highest BCUT2D eigenvalue weighted by Gasteiger charge is 2.70. The van der Waals surface area contributed by atoms with Gasteiger partial charge in [-0.2, -0.15) is 0 Å². The summed E-state index contributed by atoms with van der Waals surface area (Å²) in [5.74, 6) is -1.08. The number of carbonyl (C=O) groups excluding carboxylic acids is 1. The number of benzene rings is 1. The third-order valence-electron chi connectivity index (χ3n) is 14.7. The number of fused-ring (bicyclic) bond motifs is 7. The van der Waals surface area contributed by atoms with Crippen molar-refractivity contribution in [2.45, 2.75) is 118 Å². The molecule has 0 radical (unpaired) electrons. The number of rotatable bonds is 4. The van der Waals surface area contributed by atoms with Crippen molar-refractivity contribution in [2.24, 2.45) is 50.2 Å². The lowest BCUT2D eigenvalue weighted by Gasteiger charge is -2.71. The van der Waals surface area contributed by atoms with Crippen molar-refractivity contribution in [1.82, 2.24) is 0 Å². The van der Waals surface area contributed by atoms with Gasteiger partial charge in [-0.3, -0.25) is 4.79 Å². The van der Waals surface area contributed by atoms with E-state index in [0.717, 1.165) is 51.4 Å². The standard InChI is InChI=1S/C39H54O7/c1-34(2)16-18-39(33(44)45)19-17-37(6)24(25(39)21-34)10-12-30-36(5)22-28(32(43)35(3,4)29(36)14-15-38(30,37)7)46-31(42)13-9-23-8-11-26(40)27(41)20-23/h8-11,13,20,25,28-30,32,40-41,43H,12,14-19,21-22H2,1-7H3,(H,44,45)/b13-9+/t25-,28+,29-,30+,32-,36-,37+,38+,39-/m0/s1. The second-order valence-corrected chi connectivity index (χ2v) is 17.7. The molecule has 4 saturated carbocycles. The predicted octanol–water partition coefficient (Wildman–Crippen LogP) is 7.88. The van der Waals surface area contributed by atoms with Gasteiger partial charge in [-0.15, -0.1) is 0 Å². The molecule has 7 nitrogen and oxygen atoms in total. The van der Waals surface area contributed by atoms with Crippen LogP contribution in [0.5, 0.6) is 11.5 Å². The van der Waals surface area contributed by atoms with Gasteiger partial charge in [0.2, 0.25) is 0 Å². The number of esters is 1. The normalized spacial score (nSPS) is 42.5. The molecule has 5 aliphatic rings. The molecule has 6 rings (SSSR count). The molecule has 46 heavy (non-hydrogen) atoms. The van der Waals surface area contributed by atoms with Crippen molar-refractivity contribution in [3.8, 4) is 11.5 Å². The van der Waals surface area contributed by atoms with Gasteiger partial charge in [-0.25, -0.2) is 4.79 Å². The fraction of sp³-hybridized carbons (Fsp3) is 0.692. The highest BCUT2D eigenvalue weighted by atomic mass is 16.6.